The number of hydrogen-bond acceptors (Lipinski definition) is 3. The van der Waals surface area contributed by atoms with Gasteiger partial charge < -0.3 is 5.32 Å². The highest BCUT2D eigenvalue weighted by molar-refractivity contribution is 9.10. The Morgan fingerprint density at radius 1 is 1.41 bits per heavy atom. The van der Waals surface area contributed by atoms with Gasteiger partial charge in [-0.3, -0.25) is 4.79 Å². The van der Waals surface area contributed by atoms with Gasteiger partial charge in [-0.2, -0.15) is 4.31 Å². The van der Waals surface area contributed by atoms with Crippen LogP contribution in [0.3, 0.4) is 0 Å². The number of piperidine rings is 1. The Kier molecular flexibility index (Phi) is 5.63. The third-order valence-electron chi connectivity index (χ3n) is 3.89. The van der Waals surface area contributed by atoms with Crippen LogP contribution in [0, 0.1) is 0 Å². The van der Waals surface area contributed by atoms with E-state index in [0.29, 0.717) is 13.0 Å². The number of rotatable bonds is 4. The van der Waals surface area contributed by atoms with Crippen LogP contribution in [0.5, 0.6) is 0 Å². The number of nitrogens with zero attached hydrogens (tertiary/aromatic N) is 1. The van der Waals surface area contributed by atoms with Crippen LogP contribution in [0.4, 0.5) is 0 Å². The molecule has 1 amide bonds. The topological polar surface area (TPSA) is 66.5 Å². The summed E-state index contributed by atoms with van der Waals surface area (Å²) < 4.78 is 25.9. The summed E-state index contributed by atoms with van der Waals surface area (Å²) in [6.45, 7) is 2.31. The van der Waals surface area contributed by atoms with E-state index in [9.17, 15) is 13.2 Å². The Morgan fingerprint density at radius 3 is 2.77 bits per heavy atom. The maximum Gasteiger partial charge on any atom is 0.238 e. The molecule has 5 nitrogen and oxygen atoms in total. The highest BCUT2D eigenvalue weighted by atomic mass is 79.9. The van der Waals surface area contributed by atoms with Crippen LogP contribution in [-0.2, 0) is 14.8 Å². The Hall–Kier alpha value is -0.920. The summed E-state index contributed by atoms with van der Waals surface area (Å²) in [6, 6.07) is 6.94. The normalized spacial score (nSPS) is 21.3. The molecule has 1 aliphatic rings. The average molecular weight is 389 g/mol. The molecular formula is C15H21BrN2O3S. The molecule has 2 atom stereocenters. The average Bonchev–Trinajstić information content (AvgIpc) is 2.46. The van der Waals surface area contributed by atoms with Gasteiger partial charge in [0, 0.05) is 11.0 Å². The van der Waals surface area contributed by atoms with Gasteiger partial charge in [0.25, 0.3) is 0 Å². The van der Waals surface area contributed by atoms with Crippen molar-refractivity contribution in [2.24, 2.45) is 0 Å². The van der Waals surface area contributed by atoms with Crippen LogP contribution in [0.2, 0.25) is 0 Å². The third kappa shape index (κ3) is 4.30. The van der Waals surface area contributed by atoms with Crippen molar-refractivity contribution in [1.82, 2.24) is 9.62 Å². The molecule has 0 aliphatic carbocycles. The first-order valence-corrected chi connectivity index (χ1v) is 9.96. The minimum Gasteiger partial charge on any atom is -0.348 e. The number of carbonyl (C=O) groups is 1. The number of hydrogen-bond donors (Lipinski definition) is 1. The van der Waals surface area contributed by atoms with E-state index in [2.05, 4.69) is 21.2 Å². The van der Waals surface area contributed by atoms with E-state index in [-0.39, 0.29) is 11.9 Å². The standard InChI is InChI=1S/C15H21BrN2O3S/c1-11(12-6-5-7-13(16)10-12)17-15(19)14-8-3-4-9-18(14)22(2,20)21/h5-7,10-11,14H,3-4,8-9H2,1-2H3,(H,17,19). The lowest BCUT2D eigenvalue weighted by Gasteiger charge is -2.33. The lowest BCUT2D eigenvalue weighted by molar-refractivity contribution is -0.126. The molecule has 2 unspecified atom stereocenters. The van der Waals surface area contributed by atoms with Crippen LogP contribution in [0.15, 0.2) is 28.7 Å². The molecule has 1 saturated heterocycles. The van der Waals surface area contributed by atoms with Crippen molar-refractivity contribution in [3.8, 4) is 0 Å². The smallest absolute Gasteiger partial charge is 0.238 e. The SMILES string of the molecule is CC(NC(=O)C1CCCCN1S(C)(=O)=O)c1cccc(Br)c1. The van der Waals surface area contributed by atoms with Crippen molar-refractivity contribution in [2.75, 3.05) is 12.8 Å². The first kappa shape index (κ1) is 17.4. The van der Waals surface area contributed by atoms with Gasteiger partial charge in [-0.05, 0) is 37.5 Å². The van der Waals surface area contributed by atoms with Crippen molar-refractivity contribution in [2.45, 2.75) is 38.3 Å². The second-order valence-electron chi connectivity index (χ2n) is 5.67. The van der Waals surface area contributed by atoms with Gasteiger partial charge in [-0.15, -0.1) is 0 Å². The van der Waals surface area contributed by atoms with Gasteiger partial charge in [-0.25, -0.2) is 8.42 Å². The molecule has 1 aromatic carbocycles. The van der Waals surface area contributed by atoms with Gasteiger partial charge in [0.1, 0.15) is 6.04 Å². The van der Waals surface area contributed by atoms with Crippen molar-refractivity contribution in [3.63, 3.8) is 0 Å². The number of nitrogens with one attached hydrogen (secondary N) is 1. The minimum absolute atomic E-state index is 0.173. The Balaban J connectivity index is 2.10. The third-order valence-corrected chi connectivity index (χ3v) is 5.67. The first-order valence-electron chi connectivity index (χ1n) is 7.31. The number of benzene rings is 1. The zero-order chi connectivity index (χ0) is 16.3. The van der Waals surface area contributed by atoms with Gasteiger partial charge in [0.05, 0.1) is 12.3 Å². The van der Waals surface area contributed by atoms with Crippen molar-refractivity contribution < 1.29 is 13.2 Å². The fraction of sp³-hybridized carbons (Fsp3) is 0.533. The van der Waals surface area contributed by atoms with E-state index >= 15 is 0 Å². The highest BCUT2D eigenvalue weighted by Gasteiger charge is 2.34. The number of carbonyl (C=O) groups excluding carboxylic acids is 1. The molecule has 122 valence electrons. The molecule has 1 aliphatic heterocycles. The van der Waals surface area contributed by atoms with Crippen LogP contribution in [0.1, 0.15) is 37.8 Å². The van der Waals surface area contributed by atoms with Crippen LogP contribution in [-0.4, -0.2) is 37.5 Å². The Labute approximate surface area is 140 Å². The molecule has 1 N–H and O–H groups in total. The summed E-state index contributed by atoms with van der Waals surface area (Å²) in [5, 5.41) is 2.93. The summed E-state index contributed by atoms with van der Waals surface area (Å²) in [4.78, 5) is 12.5. The molecule has 2 rings (SSSR count). The molecule has 0 bridgehead atoms. The zero-order valence-corrected chi connectivity index (χ0v) is 15.2. The van der Waals surface area contributed by atoms with Crippen molar-refractivity contribution in [3.05, 3.63) is 34.3 Å². The largest absolute Gasteiger partial charge is 0.348 e. The fourth-order valence-electron chi connectivity index (χ4n) is 2.73. The first-order chi connectivity index (χ1) is 10.3. The second-order valence-corrected chi connectivity index (χ2v) is 8.52. The molecule has 1 aromatic rings. The predicted octanol–water partition coefficient (Wildman–Crippen LogP) is 2.44. The maximum absolute atomic E-state index is 12.5. The summed E-state index contributed by atoms with van der Waals surface area (Å²) in [7, 11) is -3.36. The molecular weight excluding hydrogens is 368 g/mol. The van der Waals surface area contributed by atoms with Gasteiger partial charge >= 0.3 is 0 Å². The Bertz CT molecular complexity index is 648. The van der Waals surface area contributed by atoms with Crippen LogP contribution >= 0.6 is 15.9 Å². The maximum atomic E-state index is 12.5. The second kappa shape index (κ2) is 7.10. The molecule has 0 saturated carbocycles. The highest BCUT2D eigenvalue weighted by Crippen LogP contribution is 2.22. The number of amides is 1. The van der Waals surface area contributed by atoms with E-state index in [1.54, 1.807) is 0 Å². The number of halogens is 1. The summed E-state index contributed by atoms with van der Waals surface area (Å²) in [6.07, 6.45) is 3.41. The Morgan fingerprint density at radius 2 is 2.14 bits per heavy atom. The van der Waals surface area contributed by atoms with Crippen molar-refractivity contribution >= 4 is 31.9 Å². The molecule has 0 spiro atoms. The van der Waals surface area contributed by atoms with E-state index < -0.39 is 16.1 Å². The van der Waals surface area contributed by atoms with E-state index in [4.69, 9.17) is 0 Å². The van der Waals surface area contributed by atoms with E-state index in [1.807, 2.05) is 31.2 Å². The predicted molar refractivity (Wildman–Crippen MR) is 89.9 cm³/mol. The molecule has 0 radical (unpaired) electrons. The molecule has 7 heteroatoms. The van der Waals surface area contributed by atoms with Gasteiger partial charge in [0.2, 0.25) is 15.9 Å². The summed E-state index contributed by atoms with van der Waals surface area (Å²) in [5.41, 5.74) is 0.976. The minimum atomic E-state index is -3.36. The summed E-state index contributed by atoms with van der Waals surface area (Å²) >= 11 is 3.41. The lowest BCUT2D eigenvalue weighted by atomic mass is 10.0. The monoisotopic (exact) mass is 388 g/mol. The van der Waals surface area contributed by atoms with E-state index in [0.717, 1.165) is 29.1 Å². The molecule has 0 aromatic heterocycles. The molecule has 1 fully saturated rings. The van der Waals surface area contributed by atoms with Gasteiger partial charge in [-0.1, -0.05) is 34.5 Å². The van der Waals surface area contributed by atoms with E-state index in [1.165, 1.54) is 4.31 Å². The molecule has 1 heterocycles. The quantitative estimate of drug-likeness (QED) is 0.860. The van der Waals surface area contributed by atoms with Crippen LogP contribution in [0.25, 0.3) is 0 Å². The van der Waals surface area contributed by atoms with Gasteiger partial charge in [0.15, 0.2) is 0 Å². The molecule has 22 heavy (non-hydrogen) atoms. The fourth-order valence-corrected chi connectivity index (χ4v) is 4.27. The summed E-state index contributed by atoms with van der Waals surface area (Å²) in [5.74, 6) is -0.224. The zero-order valence-electron chi connectivity index (χ0n) is 12.8. The number of sulfonamides is 1. The van der Waals surface area contributed by atoms with Crippen molar-refractivity contribution in [1.29, 1.82) is 0 Å². The lowest BCUT2D eigenvalue weighted by Crippen LogP contribution is -2.51. The van der Waals surface area contributed by atoms with Crippen LogP contribution < -0.4 is 5.32 Å².